The molecule has 1 N–H and O–H groups in total. The summed E-state index contributed by atoms with van der Waals surface area (Å²) >= 11 is 0. The van der Waals surface area contributed by atoms with Crippen LogP contribution in [0.3, 0.4) is 0 Å². The minimum Gasteiger partial charge on any atom is -0.493 e. The van der Waals surface area contributed by atoms with E-state index in [9.17, 15) is 14.7 Å². The van der Waals surface area contributed by atoms with Crippen LogP contribution in [0.1, 0.15) is 43.6 Å². The molecule has 3 unspecified atom stereocenters. The molecule has 0 spiro atoms. The average Bonchev–Trinajstić information content (AvgIpc) is 3.23. The largest absolute Gasteiger partial charge is 0.493 e. The molecule has 0 aromatic heterocycles. The van der Waals surface area contributed by atoms with E-state index in [4.69, 9.17) is 28.4 Å². The maximum Gasteiger partial charge on any atom is 0.339 e. The third-order valence-electron chi connectivity index (χ3n) is 7.25. The zero-order valence-electron chi connectivity index (χ0n) is 24.8. The number of rotatable bonds is 11. The molecule has 0 bridgehead atoms. The zero-order chi connectivity index (χ0) is 30.5. The Morgan fingerprint density at radius 3 is 2.14 bits per heavy atom. The lowest BCUT2D eigenvalue weighted by Crippen LogP contribution is -2.46. The molecule has 9 nitrogen and oxygen atoms in total. The Bertz CT molecular complexity index is 1400. The molecule has 1 fully saturated rings. The van der Waals surface area contributed by atoms with Gasteiger partial charge in [0.25, 0.3) is 0 Å². The maximum atomic E-state index is 13.4. The van der Waals surface area contributed by atoms with Gasteiger partial charge in [0.2, 0.25) is 0 Å². The van der Waals surface area contributed by atoms with E-state index in [1.807, 2.05) is 30.3 Å². The molecule has 1 heterocycles. The first kappa shape index (κ1) is 30.7. The number of methoxy groups -OCH3 is 3. The van der Waals surface area contributed by atoms with Gasteiger partial charge in [0.15, 0.2) is 28.6 Å². The fraction of sp³-hybridized carbons (Fsp3) is 0.394. The third kappa shape index (κ3) is 6.62. The van der Waals surface area contributed by atoms with Gasteiger partial charge >= 0.3 is 11.9 Å². The zero-order valence-corrected chi connectivity index (χ0v) is 24.8. The minimum absolute atomic E-state index is 0.101. The van der Waals surface area contributed by atoms with Crippen LogP contribution in [0.25, 0.3) is 0 Å². The molecule has 3 atom stereocenters. The lowest BCUT2D eigenvalue weighted by molar-refractivity contribution is -0.160. The molecule has 0 saturated carbocycles. The molecule has 0 amide bonds. The predicted molar refractivity (Wildman–Crippen MR) is 155 cm³/mol. The van der Waals surface area contributed by atoms with E-state index in [0.717, 1.165) is 5.56 Å². The van der Waals surface area contributed by atoms with Crippen molar-refractivity contribution in [1.82, 2.24) is 0 Å². The van der Waals surface area contributed by atoms with Crippen LogP contribution in [0.2, 0.25) is 0 Å². The second kappa shape index (κ2) is 12.7. The monoisotopic (exact) mass is 578 g/mol. The van der Waals surface area contributed by atoms with E-state index in [1.54, 1.807) is 57.2 Å². The second-order valence-corrected chi connectivity index (χ2v) is 11.3. The molecule has 3 aromatic rings. The summed E-state index contributed by atoms with van der Waals surface area (Å²) in [7, 11) is 4.55. The van der Waals surface area contributed by atoms with Gasteiger partial charge in [-0.1, -0.05) is 42.5 Å². The van der Waals surface area contributed by atoms with Crippen LogP contribution < -0.4 is 18.9 Å². The summed E-state index contributed by atoms with van der Waals surface area (Å²) in [5, 5.41) is 11.9. The summed E-state index contributed by atoms with van der Waals surface area (Å²) in [6.45, 7) is 5.30. The maximum absolute atomic E-state index is 13.4. The molecule has 0 aliphatic carbocycles. The van der Waals surface area contributed by atoms with Crippen LogP contribution >= 0.6 is 0 Å². The van der Waals surface area contributed by atoms with Gasteiger partial charge < -0.3 is 33.5 Å². The third-order valence-corrected chi connectivity index (χ3v) is 7.25. The Balaban J connectivity index is 1.65. The van der Waals surface area contributed by atoms with Gasteiger partial charge in [0, 0.05) is 6.42 Å². The number of ether oxygens (including phenoxy) is 6. The molecule has 1 aliphatic heterocycles. The Morgan fingerprint density at radius 1 is 0.857 bits per heavy atom. The van der Waals surface area contributed by atoms with E-state index in [1.165, 1.54) is 21.3 Å². The highest BCUT2D eigenvalue weighted by Crippen LogP contribution is 2.46. The standard InChI is InChI=1S/C33H38O9/c1-32(2,3)30(34)41-20-24-29(23-13-15-26(28(17-23)39-6)40-19-21-10-8-7-9-11-21)42-31(35)33(24,36)18-22-12-14-25(37-4)27(16-22)38-5/h7-17,24,29,36H,18-20H2,1-6H3. The first-order valence-corrected chi connectivity index (χ1v) is 13.7. The molecule has 9 heteroatoms. The molecular weight excluding hydrogens is 540 g/mol. The summed E-state index contributed by atoms with van der Waals surface area (Å²) in [5.74, 6) is -0.305. The van der Waals surface area contributed by atoms with E-state index >= 15 is 0 Å². The lowest BCUT2D eigenvalue weighted by Gasteiger charge is -2.29. The summed E-state index contributed by atoms with van der Waals surface area (Å²) in [4.78, 5) is 26.1. The van der Waals surface area contributed by atoms with Gasteiger partial charge in [-0.2, -0.15) is 0 Å². The van der Waals surface area contributed by atoms with Crippen molar-refractivity contribution in [3.8, 4) is 23.0 Å². The first-order valence-electron chi connectivity index (χ1n) is 13.7. The van der Waals surface area contributed by atoms with Crippen LogP contribution in [0.4, 0.5) is 0 Å². The minimum atomic E-state index is -2.00. The fourth-order valence-corrected chi connectivity index (χ4v) is 4.83. The van der Waals surface area contributed by atoms with Crippen LogP contribution in [0, 0.1) is 11.3 Å². The van der Waals surface area contributed by atoms with Crippen molar-refractivity contribution >= 4 is 11.9 Å². The summed E-state index contributed by atoms with van der Waals surface area (Å²) in [5.41, 5.74) is -0.608. The van der Waals surface area contributed by atoms with Crippen molar-refractivity contribution in [3.05, 3.63) is 83.4 Å². The molecule has 0 radical (unpaired) electrons. The number of hydrogen-bond donors (Lipinski definition) is 1. The average molecular weight is 579 g/mol. The number of carbonyl (C=O) groups is 2. The van der Waals surface area contributed by atoms with Gasteiger partial charge in [0.1, 0.15) is 19.3 Å². The smallest absolute Gasteiger partial charge is 0.339 e. The molecule has 224 valence electrons. The number of esters is 2. The SMILES string of the molecule is COc1ccc(CC2(O)C(=O)OC(c3ccc(OCc4ccccc4)c(OC)c3)C2COC(=O)C(C)(C)C)cc1OC. The Morgan fingerprint density at radius 2 is 1.50 bits per heavy atom. The van der Waals surface area contributed by atoms with Gasteiger partial charge in [-0.25, -0.2) is 4.79 Å². The van der Waals surface area contributed by atoms with Crippen molar-refractivity contribution in [2.24, 2.45) is 11.3 Å². The number of carbonyl (C=O) groups excluding carboxylic acids is 2. The van der Waals surface area contributed by atoms with Crippen LogP contribution in [0.15, 0.2) is 66.7 Å². The molecular formula is C33H38O9. The summed E-state index contributed by atoms with van der Waals surface area (Å²) < 4.78 is 33.7. The van der Waals surface area contributed by atoms with Gasteiger partial charge in [-0.3, -0.25) is 4.79 Å². The van der Waals surface area contributed by atoms with Crippen LogP contribution in [0.5, 0.6) is 23.0 Å². The molecule has 42 heavy (non-hydrogen) atoms. The number of hydrogen-bond acceptors (Lipinski definition) is 9. The molecule has 3 aromatic carbocycles. The second-order valence-electron chi connectivity index (χ2n) is 11.3. The van der Waals surface area contributed by atoms with Crippen LogP contribution in [-0.4, -0.2) is 50.6 Å². The van der Waals surface area contributed by atoms with Crippen molar-refractivity contribution in [3.63, 3.8) is 0 Å². The van der Waals surface area contributed by atoms with Crippen molar-refractivity contribution in [2.45, 2.75) is 45.5 Å². The molecule has 4 rings (SSSR count). The summed E-state index contributed by atoms with van der Waals surface area (Å²) in [6, 6.07) is 20.0. The quantitative estimate of drug-likeness (QED) is 0.312. The normalized spacial score (nSPS) is 20.0. The Hall–Kier alpha value is -4.24. The first-order chi connectivity index (χ1) is 20.0. The highest BCUT2D eigenvalue weighted by molar-refractivity contribution is 5.83. The van der Waals surface area contributed by atoms with Crippen molar-refractivity contribution in [1.29, 1.82) is 0 Å². The highest BCUT2D eigenvalue weighted by Gasteiger charge is 2.57. The van der Waals surface area contributed by atoms with Gasteiger partial charge in [-0.05, 0) is 61.7 Å². The van der Waals surface area contributed by atoms with Crippen molar-refractivity contribution in [2.75, 3.05) is 27.9 Å². The van der Waals surface area contributed by atoms with Gasteiger partial charge in [0.05, 0.1) is 32.7 Å². The van der Waals surface area contributed by atoms with E-state index in [2.05, 4.69) is 0 Å². The van der Waals surface area contributed by atoms with Crippen LogP contribution in [-0.2, 0) is 32.1 Å². The molecule has 1 saturated heterocycles. The number of benzene rings is 3. The highest BCUT2D eigenvalue weighted by atomic mass is 16.6. The number of cyclic esters (lactones) is 1. The Kier molecular flexibility index (Phi) is 9.31. The van der Waals surface area contributed by atoms with E-state index in [-0.39, 0.29) is 13.0 Å². The summed E-state index contributed by atoms with van der Waals surface area (Å²) in [6.07, 6.45) is -1.02. The lowest BCUT2D eigenvalue weighted by atomic mass is 9.79. The molecule has 1 aliphatic rings. The predicted octanol–water partition coefficient (Wildman–Crippen LogP) is 5.07. The topological polar surface area (TPSA) is 110 Å². The van der Waals surface area contributed by atoms with E-state index < -0.39 is 35.0 Å². The Labute approximate surface area is 246 Å². The van der Waals surface area contributed by atoms with Gasteiger partial charge in [-0.15, -0.1) is 0 Å². The fourth-order valence-electron chi connectivity index (χ4n) is 4.83. The van der Waals surface area contributed by atoms with Crippen molar-refractivity contribution < 1.29 is 43.1 Å². The van der Waals surface area contributed by atoms with E-state index in [0.29, 0.717) is 40.7 Å². The number of aliphatic hydroxyl groups is 1.